The molecule has 0 spiro atoms. The fourth-order valence-electron chi connectivity index (χ4n) is 3.12. The van der Waals surface area contributed by atoms with E-state index in [1.807, 2.05) is 50.2 Å². The zero-order valence-corrected chi connectivity index (χ0v) is 13.0. The number of para-hydroxylation sites is 1. The van der Waals surface area contributed by atoms with Crippen molar-refractivity contribution in [2.45, 2.75) is 32.3 Å². The van der Waals surface area contributed by atoms with Gasteiger partial charge in [-0.05, 0) is 25.0 Å². The highest BCUT2D eigenvalue weighted by Gasteiger charge is 2.41. The molecule has 0 radical (unpaired) electrons. The fraction of sp³-hybridized carbons (Fsp3) is 0.316. The van der Waals surface area contributed by atoms with E-state index in [0.29, 0.717) is 13.0 Å². The Hall–Kier alpha value is -2.29. The molecule has 3 rings (SSSR count). The van der Waals surface area contributed by atoms with Gasteiger partial charge in [-0.1, -0.05) is 49.4 Å². The van der Waals surface area contributed by atoms with Gasteiger partial charge in [-0.2, -0.15) is 0 Å². The van der Waals surface area contributed by atoms with E-state index in [2.05, 4.69) is 12.1 Å². The number of benzene rings is 2. The maximum Gasteiger partial charge on any atom is 0.310 e. The fourth-order valence-corrected chi connectivity index (χ4v) is 3.12. The first-order chi connectivity index (χ1) is 10.7. The number of rotatable bonds is 4. The van der Waals surface area contributed by atoms with E-state index >= 15 is 0 Å². The van der Waals surface area contributed by atoms with E-state index < -0.39 is 5.60 Å². The quantitative estimate of drug-likeness (QED) is 0.789. The van der Waals surface area contributed by atoms with Crippen LogP contribution in [0.2, 0.25) is 0 Å². The molecule has 0 aromatic heterocycles. The van der Waals surface area contributed by atoms with Gasteiger partial charge in [0.2, 0.25) is 0 Å². The molecule has 0 bridgehead atoms. The average Bonchev–Trinajstić information content (AvgIpc) is 2.55. The van der Waals surface area contributed by atoms with E-state index in [4.69, 9.17) is 9.47 Å². The number of fused-ring (bicyclic) bond motifs is 3. The number of ether oxygens (including phenoxy) is 2. The van der Waals surface area contributed by atoms with Crippen LogP contribution in [-0.4, -0.2) is 12.6 Å². The zero-order chi connectivity index (χ0) is 15.6. The monoisotopic (exact) mass is 296 g/mol. The molecular formula is C19H20O3. The van der Waals surface area contributed by atoms with Crippen LogP contribution in [0.15, 0.2) is 48.5 Å². The van der Waals surface area contributed by atoms with Crippen molar-refractivity contribution in [3.8, 4) is 16.9 Å². The number of carbonyl (C=O) groups excluding carboxylic acids is 1. The van der Waals surface area contributed by atoms with Crippen molar-refractivity contribution in [1.29, 1.82) is 0 Å². The van der Waals surface area contributed by atoms with Crippen LogP contribution < -0.4 is 4.74 Å². The van der Waals surface area contributed by atoms with Crippen LogP contribution in [0.3, 0.4) is 0 Å². The first-order valence-electron chi connectivity index (χ1n) is 7.73. The molecule has 0 aliphatic carbocycles. The Morgan fingerprint density at radius 2 is 1.73 bits per heavy atom. The van der Waals surface area contributed by atoms with Crippen LogP contribution in [0.25, 0.3) is 11.1 Å². The summed E-state index contributed by atoms with van der Waals surface area (Å²) < 4.78 is 11.5. The SMILES string of the molecule is CCOC(=O)CC1(CC)Oc2ccccc2-c2ccccc21. The lowest BCUT2D eigenvalue weighted by molar-refractivity contribution is -0.148. The third kappa shape index (κ3) is 2.37. The highest BCUT2D eigenvalue weighted by molar-refractivity contribution is 5.79. The van der Waals surface area contributed by atoms with Gasteiger partial charge in [0.05, 0.1) is 13.0 Å². The van der Waals surface area contributed by atoms with Gasteiger partial charge in [0.15, 0.2) is 0 Å². The van der Waals surface area contributed by atoms with E-state index in [1.54, 1.807) is 0 Å². The molecule has 1 aliphatic heterocycles. The molecule has 3 nitrogen and oxygen atoms in total. The number of hydrogen-bond acceptors (Lipinski definition) is 3. The highest BCUT2D eigenvalue weighted by atomic mass is 16.5. The van der Waals surface area contributed by atoms with Crippen LogP contribution in [-0.2, 0) is 15.1 Å². The third-order valence-corrected chi connectivity index (χ3v) is 4.21. The van der Waals surface area contributed by atoms with Gasteiger partial charge in [-0.25, -0.2) is 0 Å². The van der Waals surface area contributed by atoms with Gasteiger partial charge in [-0.3, -0.25) is 4.79 Å². The van der Waals surface area contributed by atoms with Crippen LogP contribution >= 0.6 is 0 Å². The number of esters is 1. The second kappa shape index (κ2) is 5.84. The Labute approximate surface area is 130 Å². The second-order valence-electron chi connectivity index (χ2n) is 5.47. The molecule has 0 saturated carbocycles. The lowest BCUT2D eigenvalue weighted by Gasteiger charge is -2.39. The number of hydrogen-bond donors (Lipinski definition) is 0. The van der Waals surface area contributed by atoms with Gasteiger partial charge in [0.25, 0.3) is 0 Å². The minimum atomic E-state index is -0.656. The summed E-state index contributed by atoms with van der Waals surface area (Å²) in [6.45, 7) is 4.25. The molecule has 114 valence electrons. The lowest BCUT2D eigenvalue weighted by Crippen LogP contribution is -2.38. The molecule has 1 atom stereocenters. The second-order valence-corrected chi connectivity index (χ2v) is 5.47. The molecule has 1 unspecified atom stereocenters. The lowest BCUT2D eigenvalue weighted by atomic mass is 9.80. The van der Waals surface area contributed by atoms with Gasteiger partial charge < -0.3 is 9.47 Å². The molecule has 0 N–H and O–H groups in total. The summed E-state index contributed by atoms with van der Waals surface area (Å²) in [5.74, 6) is 0.603. The summed E-state index contributed by atoms with van der Waals surface area (Å²) in [5, 5.41) is 0. The molecule has 1 aliphatic rings. The predicted molar refractivity (Wildman–Crippen MR) is 85.7 cm³/mol. The largest absolute Gasteiger partial charge is 0.481 e. The minimum absolute atomic E-state index is 0.224. The zero-order valence-electron chi connectivity index (χ0n) is 13.0. The number of carbonyl (C=O) groups is 1. The molecule has 0 saturated heterocycles. The molecular weight excluding hydrogens is 276 g/mol. The van der Waals surface area contributed by atoms with Crippen molar-refractivity contribution < 1.29 is 14.3 Å². The Morgan fingerprint density at radius 3 is 2.45 bits per heavy atom. The smallest absolute Gasteiger partial charge is 0.310 e. The molecule has 2 aromatic carbocycles. The molecule has 22 heavy (non-hydrogen) atoms. The van der Waals surface area contributed by atoms with Crippen molar-refractivity contribution in [2.24, 2.45) is 0 Å². The van der Waals surface area contributed by atoms with Gasteiger partial charge in [0, 0.05) is 11.1 Å². The molecule has 0 amide bonds. The Balaban J connectivity index is 2.11. The summed E-state index contributed by atoms with van der Waals surface area (Å²) in [4.78, 5) is 12.1. The predicted octanol–water partition coefficient (Wildman–Crippen LogP) is 4.30. The summed E-state index contributed by atoms with van der Waals surface area (Å²) in [5.41, 5.74) is 2.61. The van der Waals surface area contributed by atoms with Crippen molar-refractivity contribution in [2.75, 3.05) is 6.61 Å². The van der Waals surface area contributed by atoms with E-state index in [-0.39, 0.29) is 12.4 Å². The van der Waals surface area contributed by atoms with Gasteiger partial charge in [0.1, 0.15) is 11.4 Å². The Kier molecular flexibility index (Phi) is 3.88. The van der Waals surface area contributed by atoms with Crippen LogP contribution in [0.5, 0.6) is 5.75 Å². The summed E-state index contributed by atoms with van der Waals surface area (Å²) >= 11 is 0. The van der Waals surface area contributed by atoms with Crippen LogP contribution in [0.4, 0.5) is 0 Å². The first kappa shape index (κ1) is 14.6. The Morgan fingerprint density at radius 1 is 1.05 bits per heavy atom. The van der Waals surface area contributed by atoms with Crippen molar-refractivity contribution in [3.05, 3.63) is 54.1 Å². The van der Waals surface area contributed by atoms with Gasteiger partial charge >= 0.3 is 5.97 Å². The standard InChI is InChI=1S/C19H20O3/c1-3-19(13-18(20)21-4-2)16-11-7-5-9-14(16)15-10-6-8-12-17(15)22-19/h5-12H,3-4,13H2,1-2H3. The topological polar surface area (TPSA) is 35.5 Å². The summed E-state index contributed by atoms with van der Waals surface area (Å²) in [6.07, 6.45) is 0.930. The molecule has 0 fully saturated rings. The van der Waals surface area contributed by atoms with Gasteiger partial charge in [-0.15, -0.1) is 0 Å². The maximum absolute atomic E-state index is 12.1. The normalized spacial score (nSPS) is 18.8. The first-order valence-corrected chi connectivity index (χ1v) is 7.73. The molecule has 1 heterocycles. The summed E-state index contributed by atoms with van der Waals surface area (Å²) in [7, 11) is 0. The van der Waals surface area contributed by atoms with Crippen molar-refractivity contribution in [1.82, 2.24) is 0 Å². The third-order valence-electron chi connectivity index (χ3n) is 4.21. The maximum atomic E-state index is 12.1. The average molecular weight is 296 g/mol. The summed E-state index contributed by atoms with van der Waals surface area (Å²) in [6, 6.07) is 16.1. The minimum Gasteiger partial charge on any atom is -0.481 e. The molecule has 3 heteroatoms. The van der Waals surface area contributed by atoms with E-state index in [0.717, 1.165) is 22.4 Å². The van der Waals surface area contributed by atoms with Crippen molar-refractivity contribution in [3.63, 3.8) is 0 Å². The van der Waals surface area contributed by atoms with Crippen LogP contribution in [0.1, 0.15) is 32.3 Å². The van der Waals surface area contributed by atoms with E-state index in [9.17, 15) is 4.79 Å². The van der Waals surface area contributed by atoms with Crippen molar-refractivity contribution >= 4 is 5.97 Å². The molecule has 2 aromatic rings. The highest BCUT2D eigenvalue weighted by Crippen LogP contribution is 2.48. The van der Waals surface area contributed by atoms with Crippen LogP contribution in [0, 0.1) is 0 Å². The Bertz CT molecular complexity index is 693. The van der Waals surface area contributed by atoms with E-state index in [1.165, 1.54) is 0 Å².